The topological polar surface area (TPSA) is 83.6 Å². The molecule has 1 saturated heterocycles. The number of aryl methyl sites for hydroxylation is 1. The van der Waals surface area contributed by atoms with E-state index in [0.717, 1.165) is 11.3 Å². The first-order chi connectivity index (χ1) is 11.0. The molecule has 1 aliphatic heterocycles. The van der Waals surface area contributed by atoms with Gasteiger partial charge in [0, 0.05) is 13.1 Å². The van der Waals surface area contributed by atoms with E-state index < -0.39 is 11.9 Å². The lowest BCUT2D eigenvalue weighted by Crippen LogP contribution is -2.43. The van der Waals surface area contributed by atoms with Gasteiger partial charge in [0.2, 0.25) is 11.8 Å². The van der Waals surface area contributed by atoms with Crippen LogP contribution >= 0.6 is 11.3 Å². The number of thiophene rings is 1. The highest BCUT2D eigenvalue weighted by atomic mass is 32.1. The highest BCUT2D eigenvalue weighted by Crippen LogP contribution is 2.26. The van der Waals surface area contributed by atoms with E-state index in [4.69, 9.17) is 9.52 Å². The summed E-state index contributed by atoms with van der Waals surface area (Å²) >= 11 is 1.53. The van der Waals surface area contributed by atoms with Crippen LogP contribution in [0.4, 0.5) is 0 Å². The lowest BCUT2D eigenvalue weighted by molar-refractivity contribution is -0.145. The first-order valence-electron chi connectivity index (χ1n) is 7.55. The molecular formula is C16H18N2O4S. The molecule has 1 N–H and O–H groups in total. The SMILES string of the molecule is Cc1oc(-c2cccs2)nc1CC(=O)N1CCC[C@H](C(=O)O)C1. The quantitative estimate of drug-likeness (QED) is 0.929. The van der Waals surface area contributed by atoms with Crippen molar-refractivity contribution in [1.29, 1.82) is 0 Å². The molecule has 0 aromatic carbocycles. The second-order valence-corrected chi connectivity index (χ2v) is 6.64. The Morgan fingerprint density at radius 1 is 1.52 bits per heavy atom. The summed E-state index contributed by atoms with van der Waals surface area (Å²) in [4.78, 5) is 30.5. The minimum atomic E-state index is -0.833. The highest BCUT2D eigenvalue weighted by Gasteiger charge is 2.28. The van der Waals surface area contributed by atoms with Gasteiger partial charge < -0.3 is 14.4 Å². The summed E-state index contributed by atoms with van der Waals surface area (Å²) in [5.41, 5.74) is 0.621. The Bertz CT molecular complexity index is 708. The summed E-state index contributed by atoms with van der Waals surface area (Å²) in [5.74, 6) is -0.228. The van der Waals surface area contributed by atoms with Gasteiger partial charge in [-0.05, 0) is 31.2 Å². The van der Waals surface area contributed by atoms with Crippen LogP contribution in [0.1, 0.15) is 24.3 Å². The average Bonchev–Trinajstić information content (AvgIpc) is 3.18. The van der Waals surface area contributed by atoms with Crippen LogP contribution in [0, 0.1) is 12.8 Å². The fourth-order valence-electron chi connectivity index (χ4n) is 2.76. The number of aromatic nitrogens is 1. The van der Waals surface area contributed by atoms with Crippen molar-refractivity contribution in [2.45, 2.75) is 26.2 Å². The van der Waals surface area contributed by atoms with Crippen LogP contribution in [0.3, 0.4) is 0 Å². The molecule has 2 aromatic rings. The molecule has 0 radical (unpaired) electrons. The predicted molar refractivity (Wildman–Crippen MR) is 85.2 cm³/mol. The number of oxazole rings is 1. The van der Waals surface area contributed by atoms with Crippen LogP contribution in [-0.4, -0.2) is 40.0 Å². The fourth-order valence-corrected chi connectivity index (χ4v) is 3.41. The van der Waals surface area contributed by atoms with Crippen molar-refractivity contribution in [3.05, 3.63) is 29.0 Å². The molecule has 6 nitrogen and oxygen atoms in total. The Kier molecular flexibility index (Phi) is 4.47. The maximum absolute atomic E-state index is 12.4. The largest absolute Gasteiger partial charge is 0.481 e. The molecule has 0 spiro atoms. The molecule has 0 aliphatic carbocycles. The Hall–Kier alpha value is -2.15. The fraction of sp³-hybridized carbons (Fsp3) is 0.438. The smallest absolute Gasteiger partial charge is 0.308 e. The Morgan fingerprint density at radius 2 is 2.35 bits per heavy atom. The summed E-state index contributed by atoms with van der Waals surface area (Å²) in [6.45, 7) is 2.68. The highest BCUT2D eigenvalue weighted by molar-refractivity contribution is 7.13. The Labute approximate surface area is 137 Å². The molecule has 1 aliphatic rings. The van der Waals surface area contributed by atoms with Crippen LogP contribution in [0.2, 0.25) is 0 Å². The van der Waals surface area contributed by atoms with Crippen molar-refractivity contribution < 1.29 is 19.1 Å². The van der Waals surface area contributed by atoms with Crippen molar-refractivity contribution in [3.8, 4) is 10.8 Å². The maximum Gasteiger partial charge on any atom is 0.308 e. The normalized spacial score (nSPS) is 18.1. The minimum Gasteiger partial charge on any atom is -0.481 e. The monoisotopic (exact) mass is 334 g/mol. The molecular weight excluding hydrogens is 316 g/mol. The molecule has 0 bridgehead atoms. The molecule has 0 saturated carbocycles. The lowest BCUT2D eigenvalue weighted by atomic mass is 9.98. The third-order valence-electron chi connectivity index (χ3n) is 4.07. The van der Waals surface area contributed by atoms with Gasteiger partial charge in [0.25, 0.3) is 0 Å². The molecule has 7 heteroatoms. The third-order valence-corrected chi connectivity index (χ3v) is 4.92. The molecule has 3 rings (SSSR count). The van der Waals surface area contributed by atoms with Crippen molar-refractivity contribution in [2.75, 3.05) is 13.1 Å². The second-order valence-electron chi connectivity index (χ2n) is 5.69. The number of carboxylic acid groups (broad SMARTS) is 1. The Morgan fingerprint density at radius 3 is 3.04 bits per heavy atom. The molecule has 1 atom stereocenters. The van der Waals surface area contributed by atoms with Crippen LogP contribution < -0.4 is 0 Å². The van der Waals surface area contributed by atoms with Crippen LogP contribution in [0.5, 0.6) is 0 Å². The van der Waals surface area contributed by atoms with E-state index in [0.29, 0.717) is 30.3 Å². The summed E-state index contributed by atoms with van der Waals surface area (Å²) in [6, 6.07) is 3.84. The average molecular weight is 334 g/mol. The van der Waals surface area contributed by atoms with Gasteiger partial charge in [-0.25, -0.2) is 4.98 Å². The number of hydrogen-bond donors (Lipinski definition) is 1. The zero-order valence-electron chi connectivity index (χ0n) is 12.8. The number of carboxylic acids is 1. The standard InChI is InChI=1S/C16H18N2O4S/c1-10-12(17-15(22-10)13-5-3-7-23-13)8-14(19)18-6-2-4-11(9-18)16(20)21/h3,5,7,11H,2,4,6,8-9H2,1H3,(H,20,21)/t11-/m0/s1. The van der Waals surface area contributed by atoms with Gasteiger partial charge in [0.15, 0.2) is 0 Å². The van der Waals surface area contributed by atoms with Gasteiger partial charge in [0.05, 0.1) is 22.9 Å². The summed E-state index contributed by atoms with van der Waals surface area (Å²) in [6.07, 6.45) is 1.50. The number of nitrogens with zero attached hydrogens (tertiary/aromatic N) is 2. The van der Waals surface area contributed by atoms with Gasteiger partial charge in [0.1, 0.15) is 5.76 Å². The molecule has 23 heavy (non-hydrogen) atoms. The maximum atomic E-state index is 12.4. The number of piperidine rings is 1. The third kappa shape index (κ3) is 3.44. The van der Waals surface area contributed by atoms with Crippen molar-refractivity contribution in [2.24, 2.45) is 5.92 Å². The number of amides is 1. The van der Waals surface area contributed by atoms with Gasteiger partial charge in [-0.1, -0.05) is 6.07 Å². The number of rotatable bonds is 4. The van der Waals surface area contributed by atoms with E-state index in [1.54, 1.807) is 11.8 Å². The first-order valence-corrected chi connectivity index (χ1v) is 8.43. The number of carbonyl (C=O) groups excluding carboxylic acids is 1. The van der Waals surface area contributed by atoms with Crippen molar-refractivity contribution >= 4 is 23.2 Å². The van der Waals surface area contributed by atoms with Crippen molar-refractivity contribution in [1.82, 2.24) is 9.88 Å². The molecule has 1 fully saturated rings. The molecule has 2 aromatic heterocycles. The summed E-state index contributed by atoms with van der Waals surface area (Å²) in [7, 11) is 0. The first kappa shape index (κ1) is 15.7. The van der Waals surface area contributed by atoms with Gasteiger partial charge in [-0.15, -0.1) is 11.3 Å². The number of likely N-dealkylation sites (tertiary alicyclic amines) is 1. The zero-order chi connectivity index (χ0) is 16.4. The predicted octanol–water partition coefficient (Wildman–Crippen LogP) is 2.58. The number of aliphatic carboxylic acids is 1. The molecule has 0 unspecified atom stereocenters. The zero-order valence-corrected chi connectivity index (χ0v) is 13.6. The van der Waals surface area contributed by atoms with Crippen LogP contribution in [-0.2, 0) is 16.0 Å². The van der Waals surface area contributed by atoms with Gasteiger partial charge in [-0.2, -0.15) is 0 Å². The summed E-state index contributed by atoms with van der Waals surface area (Å²) < 4.78 is 5.64. The van der Waals surface area contributed by atoms with E-state index in [1.165, 1.54) is 11.3 Å². The Balaban J connectivity index is 1.69. The van der Waals surface area contributed by atoms with E-state index in [1.807, 2.05) is 17.5 Å². The molecule has 3 heterocycles. The summed E-state index contributed by atoms with van der Waals surface area (Å²) in [5, 5.41) is 11.1. The van der Waals surface area contributed by atoms with Crippen LogP contribution in [0.15, 0.2) is 21.9 Å². The van der Waals surface area contributed by atoms with E-state index in [-0.39, 0.29) is 18.9 Å². The van der Waals surface area contributed by atoms with Gasteiger partial charge in [-0.3, -0.25) is 9.59 Å². The van der Waals surface area contributed by atoms with E-state index >= 15 is 0 Å². The van der Waals surface area contributed by atoms with Gasteiger partial charge >= 0.3 is 5.97 Å². The number of hydrogen-bond acceptors (Lipinski definition) is 5. The molecule has 1 amide bonds. The number of carbonyl (C=O) groups is 2. The van der Waals surface area contributed by atoms with Crippen molar-refractivity contribution in [3.63, 3.8) is 0 Å². The minimum absolute atomic E-state index is 0.0925. The van der Waals surface area contributed by atoms with E-state index in [9.17, 15) is 9.59 Å². The second kappa shape index (κ2) is 6.54. The van der Waals surface area contributed by atoms with E-state index in [2.05, 4.69) is 4.98 Å². The lowest BCUT2D eigenvalue weighted by Gasteiger charge is -2.30. The van der Waals surface area contributed by atoms with Crippen LogP contribution in [0.25, 0.3) is 10.8 Å². The molecule has 122 valence electrons.